The van der Waals surface area contributed by atoms with E-state index in [1.54, 1.807) is 17.4 Å². The summed E-state index contributed by atoms with van der Waals surface area (Å²) < 4.78 is 4.67. The van der Waals surface area contributed by atoms with Crippen LogP contribution in [0.5, 0.6) is 0 Å². The van der Waals surface area contributed by atoms with Crippen molar-refractivity contribution in [1.82, 2.24) is 10.2 Å². The minimum Gasteiger partial charge on any atom is -0.454 e. The standard InChI is InChI=1S/C14H13N3O6/c1-7(13(21)23-6-10(18)16-14(15)22)17-11(19)8-4-2-3-5-9(8)12(17)20/h2-5,7H,6H2,1H3,(H3,15,16,18,22). The van der Waals surface area contributed by atoms with E-state index in [2.05, 4.69) is 4.74 Å². The number of imide groups is 2. The van der Waals surface area contributed by atoms with E-state index in [1.165, 1.54) is 19.1 Å². The van der Waals surface area contributed by atoms with Gasteiger partial charge in [-0.15, -0.1) is 0 Å². The fraction of sp³-hybridized carbons (Fsp3) is 0.214. The molecule has 1 aliphatic heterocycles. The molecule has 1 unspecified atom stereocenters. The lowest BCUT2D eigenvalue weighted by atomic mass is 10.1. The SMILES string of the molecule is CC(C(=O)OCC(=O)NC(N)=O)N1C(=O)c2ccccc2C1=O. The van der Waals surface area contributed by atoms with E-state index in [1.807, 2.05) is 0 Å². The molecule has 1 aromatic rings. The number of hydrogen-bond acceptors (Lipinski definition) is 6. The zero-order valence-corrected chi connectivity index (χ0v) is 12.1. The van der Waals surface area contributed by atoms with E-state index in [4.69, 9.17) is 5.73 Å². The predicted molar refractivity (Wildman–Crippen MR) is 75.1 cm³/mol. The van der Waals surface area contributed by atoms with Crippen LogP contribution < -0.4 is 11.1 Å². The van der Waals surface area contributed by atoms with E-state index in [0.717, 1.165) is 4.90 Å². The molecule has 23 heavy (non-hydrogen) atoms. The Bertz CT molecular complexity index is 679. The monoisotopic (exact) mass is 319 g/mol. The van der Waals surface area contributed by atoms with Gasteiger partial charge < -0.3 is 10.5 Å². The molecule has 1 heterocycles. The van der Waals surface area contributed by atoms with E-state index < -0.39 is 42.4 Å². The molecule has 0 aliphatic carbocycles. The number of benzene rings is 1. The Hall–Kier alpha value is -3.23. The third-order valence-corrected chi connectivity index (χ3v) is 3.16. The van der Waals surface area contributed by atoms with E-state index in [0.29, 0.717) is 0 Å². The minimum atomic E-state index is -1.22. The molecule has 3 N–H and O–H groups in total. The predicted octanol–water partition coefficient (Wildman–Crippen LogP) is -0.591. The third-order valence-electron chi connectivity index (χ3n) is 3.16. The number of esters is 1. The van der Waals surface area contributed by atoms with E-state index in [9.17, 15) is 24.0 Å². The van der Waals surface area contributed by atoms with Crippen LogP contribution in [0.2, 0.25) is 0 Å². The van der Waals surface area contributed by atoms with Gasteiger partial charge in [-0.1, -0.05) is 12.1 Å². The van der Waals surface area contributed by atoms with Crippen molar-refractivity contribution in [3.63, 3.8) is 0 Å². The van der Waals surface area contributed by atoms with Gasteiger partial charge in [-0.05, 0) is 19.1 Å². The van der Waals surface area contributed by atoms with Crippen LogP contribution in [-0.4, -0.2) is 47.3 Å². The van der Waals surface area contributed by atoms with Gasteiger partial charge in [0.05, 0.1) is 11.1 Å². The number of nitrogens with two attached hydrogens (primary N) is 1. The first kappa shape index (κ1) is 16.1. The van der Waals surface area contributed by atoms with Gasteiger partial charge in [-0.3, -0.25) is 24.6 Å². The first-order valence-corrected chi connectivity index (χ1v) is 6.55. The van der Waals surface area contributed by atoms with Crippen molar-refractivity contribution in [3.8, 4) is 0 Å². The Morgan fingerprint density at radius 2 is 1.70 bits per heavy atom. The summed E-state index contributed by atoms with van der Waals surface area (Å²) in [4.78, 5) is 58.7. The quantitative estimate of drug-likeness (QED) is 0.562. The molecule has 1 atom stereocenters. The Balaban J connectivity index is 2.04. The highest BCUT2D eigenvalue weighted by Crippen LogP contribution is 2.24. The van der Waals surface area contributed by atoms with Crippen LogP contribution in [0.4, 0.5) is 4.79 Å². The summed E-state index contributed by atoms with van der Waals surface area (Å²) in [7, 11) is 0. The molecule has 5 amide bonds. The average Bonchev–Trinajstić information content (AvgIpc) is 2.75. The van der Waals surface area contributed by atoms with Crippen LogP contribution in [0, 0.1) is 0 Å². The Morgan fingerprint density at radius 1 is 1.17 bits per heavy atom. The van der Waals surface area contributed by atoms with Gasteiger partial charge in [-0.2, -0.15) is 0 Å². The summed E-state index contributed by atoms with van der Waals surface area (Å²) in [6.07, 6.45) is 0. The number of carbonyl (C=O) groups excluding carboxylic acids is 5. The molecule has 0 saturated heterocycles. The molecular formula is C14H13N3O6. The highest BCUT2D eigenvalue weighted by Gasteiger charge is 2.41. The van der Waals surface area contributed by atoms with Crippen molar-refractivity contribution in [3.05, 3.63) is 35.4 Å². The van der Waals surface area contributed by atoms with Crippen molar-refractivity contribution in [2.45, 2.75) is 13.0 Å². The number of urea groups is 1. The van der Waals surface area contributed by atoms with Crippen LogP contribution in [0.3, 0.4) is 0 Å². The second kappa shape index (κ2) is 6.26. The highest BCUT2D eigenvalue weighted by molar-refractivity contribution is 6.22. The molecule has 0 aromatic heterocycles. The normalized spacial score (nSPS) is 14.2. The van der Waals surface area contributed by atoms with Gasteiger partial charge in [0, 0.05) is 0 Å². The van der Waals surface area contributed by atoms with Crippen LogP contribution in [0.1, 0.15) is 27.6 Å². The van der Waals surface area contributed by atoms with Gasteiger partial charge in [0.1, 0.15) is 6.04 Å². The Labute approximate surface area is 130 Å². The molecule has 120 valence electrons. The third kappa shape index (κ3) is 3.18. The fourth-order valence-corrected chi connectivity index (χ4v) is 2.10. The molecule has 0 fully saturated rings. The number of hydrogen-bond donors (Lipinski definition) is 2. The zero-order chi connectivity index (χ0) is 17.1. The van der Waals surface area contributed by atoms with Crippen molar-refractivity contribution in [2.75, 3.05) is 6.61 Å². The number of ether oxygens (including phenoxy) is 1. The molecule has 1 aliphatic rings. The molecular weight excluding hydrogens is 306 g/mol. The number of primary amides is 1. The van der Waals surface area contributed by atoms with Crippen molar-refractivity contribution in [2.24, 2.45) is 5.73 Å². The number of nitrogens with one attached hydrogen (secondary N) is 1. The molecule has 9 nitrogen and oxygen atoms in total. The summed E-state index contributed by atoms with van der Waals surface area (Å²) in [6.45, 7) is 0.547. The van der Waals surface area contributed by atoms with Crippen LogP contribution in [0.25, 0.3) is 0 Å². The summed E-state index contributed by atoms with van der Waals surface area (Å²) in [5.74, 6) is -3.10. The summed E-state index contributed by atoms with van der Waals surface area (Å²) >= 11 is 0. The molecule has 0 saturated carbocycles. The molecule has 1 aromatic carbocycles. The van der Waals surface area contributed by atoms with Crippen molar-refractivity contribution >= 4 is 29.7 Å². The van der Waals surface area contributed by atoms with Crippen LogP contribution in [0.15, 0.2) is 24.3 Å². The lowest BCUT2D eigenvalue weighted by molar-refractivity contribution is -0.151. The van der Waals surface area contributed by atoms with Gasteiger partial charge in [-0.25, -0.2) is 9.59 Å². The number of fused-ring (bicyclic) bond motifs is 1. The number of amides is 5. The maximum Gasteiger partial charge on any atom is 0.329 e. The van der Waals surface area contributed by atoms with Gasteiger partial charge in [0.25, 0.3) is 17.7 Å². The maximum absolute atomic E-state index is 12.2. The number of carbonyl (C=O) groups is 5. The topological polar surface area (TPSA) is 136 Å². The molecule has 0 bridgehead atoms. The van der Waals surface area contributed by atoms with Gasteiger partial charge in [0.2, 0.25) is 0 Å². The van der Waals surface area contributed by atoms with Gasteiger partial charge >= 0.3 is 12.0 Å². The minimum absolute atomic E-state index is 0.198. The van der Waals surface area contributed by atoms with Crippen molar-refractivity contribution < 1.29 is 28.7 Å². The fourth-order valence-electron chi connectivity index (χ4n) is 2.10. The molecule has 9 heteroatoms. The summed E-state index contributed by atoms with van der Waals surface area (Å²) in [6, 6.07) is 3.86. The van der Waals surface area contributed by atoms with Crippen molar-refractivity contribution in [1.29, 1.82) is 0 Å². The van der Waals surface area contributed by atoms with E-state index >= 15 is 0 Å². The summed E-state index contributed by atoms with van der Waals surface area (Å²) in [5.41, 5.74) is 5.13. The van der Waals surface area contributed by atoms with Gasteiger partial charge in [0.15, 0.2) is 6.61 Å². The smallest absolute Gasteiger partial charge is 0.329 e. The summed E-state index contributed by atoms with van der Waals surface area (Å²) in [5, 5.41) is 1.71. The average molecular weight is 319 g/mol. The largest absolute Gasteiger partial charge is 0.454 e. The molecule has 0 spiro atoms. The second-order valence-electron chi connectivity index (χ2n) is 4.72. The van der Waals surface area contributed by atoms with Crippen LogP contribution >= 0.6 is 0 Å². The molecule has 2 rings (SSSR count). The maximum atomic E-state index is 12.2. The first-order valence-electron chi connectivity index (χ1n) is 6.55. The zero-order valence-electron chi connectivity index (χ0n) is 12.1. The van der Waals surface area contributed by atoms with Crippen LogP contribution in [-0.2, 0) is 14.3 Å². The lowest BCUT2D eigenvalue weighted by Crippen LogP contribution is -2.45. The van der Waals surface area contributed by atoms with E-state index in [-0.39, 0.29) is 11.1 Å². The number of rotatable bonds is 4. The highest BCUT2D eigenvalue weighted by atomic mass is 16.5. The molecule has 0 radical (unpaired) electrons. The second-order valence-corrected chi connectivity index (χ2v) is 4.72. The number of nitrogens with zero attached hydrogens (tertiary/aromatic N) is 1. The Kier molecular flexibility index (Phi) is 4.39. The lowest BCUT2D eigenvalue weighted by Gasteiger charge is -2.20. The first-order chi connectivity index (χ1) is 10.8. The Morgan fingerprint density at radius 3 is 2.17 bits per heavy atom.